The Morgan fingerprint density at radius 1 is 1.47 bits per heavy atom. The number of halogens is 1. The lowest BCUT2D eigenvalue weighted by Crippen LogP contribution is -2.29. The summed E-state index contributed by atoms with van der Waals surface area (Å²) in [5, 5.41) is 0. The first-order valence-electron chi connectivity index (χ1n) is 6.58. The van der Waals surface area contributed by atoms with Crippen LogP contribution in [0.3, 0.4) is 0 Å². The zero-order valence-electron chi connectivity index (χ0n) is 11.5. The second-order valence-electron chi connectivity index (χ2n) is 4.99. The highest BCUT2D eigenvalue weighted by Gasteiger charge is 2.14. The molecule has 104 valence electrons. The number of hydrogen-bond donors (Lipinski definition) is 1. The molecule has 19 heavy (non-hydrogen) atoms. The Bertz CT molecular complexity index is 471. The first-order chi connectivity index (χ1) is 9.11. The minimum atomic E-state index is 0.0537. The molecule has 0 aromatic heterocycles. The molecule has 0 saturated heterocycles. The second kappa shape index (κ2) is 6.55. The smallest absolute Gasteiger partial charge is 0.0674 e. The Balaban J connectivity index is 2.10. The van der Waals surface area contributed by atoms with E-state index in [2.05, 4.69) is 45.1 Å². The van der Waals surface area contributed by atoms with E-state index < -0.39 is 0 Å². The highest BCUT2D eigenvalue weighted by Crippen LogP contribution is 2.28. The van der Waals surface area contributed by atoms with Gasteiger partial charge in [0.25, 0.3) is 0 Å². The quantitative estimate of drug-likeness (QED) is 0.864. The monoisotopic (exact) mass is 324 g/mol. The van der Waals surface area contributed by atoms with Crippen molar-refractivity contribution in [2.75, 3.05) is 31.7 Å². The van der Waals surface area contributed by atoms with E-state index in [0.29, 0.717) is 0 Å². The summed E-state index contributed by atoms with van der Waals surface area (Å²) in [5.74, 6) is 0. The number of ether oxygens (including phenoxy) is 1. The van der Waals surface area contributed by atoms with Gasteiger partial charge in [-0.3, -0.25) is 0 Å². The normalized spacial score (nSPS) is 17.3. The average Bonchev–Trinajstić information content (AvgIpc) is 2.39. The van der Waals surface area contributed by atoms with E-state index in [1.165, 1.54) is 11.3 Å². The second-order valence-corrected chi connectivity index (χ2v) is 5.84. The molecule has 2 rings (SSSR count). The zero-order valence-corrected chi connectivity index (χ0v) is 13.1. The molecule has 0 fully saturated rings. The van der Waals surface area contributed by atoms with Crippen LogP contribution < -0.4 is 10.6 Å². The molecule has 1 aliphatic heterocycles. The summed E-state index contributed by atoms with van der Waals surface area (Å²) < 4.78 is 6.26. The molecule has 0 saturated carbocycles. The van der Waals surface area contributed by atoms with E-state index in [0.717, 1.165) is 36.2 Å². The molecule has 0 spiro atoms. The molecule has 0 bridgehead atoms. The van der Waals surface area contributed by atoms with Crippen LogP contribution >= 0.6 is 15.9 Å². The van der Waals surface area contributed by atoms with Crippen molar-refractivity contribution < 1.29 is 4.74 Å². The van der Waals surface area contributed by atoms with Gasteiger partial charge in [0, 0.05) is 36.4 Å². The van der Waals surface area contributed by atoms with Crippen molar-refractivity contribution in [1.82, 2.24) is 0 Å². The highest BCUT2D eigenvalue weighted by molar-refractivity contribution is 9.10. The van der Waals surface area contributed by atoms with Crippen LogP contribution in [-0.2, 0) is 4.74 Å². The van der Waals surface area contributed by atoms with Crippen LogP contribution in [0.2, 0.25) is 0 Å². The van der Waals surface area contributed by atoms with Crippen LogP contribution in [0.4, 0.5) is 5.69 Å². The largest absolute Gasteiger partial charge is 0.380 e. The maximum absolute atomic E-state index is 5.93. The van der Waals surface area contributed by atoms with E-state index in [1.54, 1.807) is 7.11 Å². The Hall–Kier alpha value is -0.840. The third kappa shape index (κ3) is 3.59. The lowest BCUT2D eigenvalue weighted by molar-refractivity contribution is 0.222. The molecular weight excluding hydrogens is 304 g/mol. The lowest BCUT2D eigenvalue weighted by atomic mass is 10.1. The highest BCUT2D eigenvalue weighted by atomic mass is 79.9. The predicted octanol–water partition coefficient (Wildman–Crippen LogP) is 3.25. The fourth-order valence-electron chi connectivity index (χ4n) is 2.34. The molecule has 3 nitrogen and oxygen atoms in total. The summed E-state index contributed by atoms with van der Waals surface area (Å²) >= 11 is 3.61. The van der Waals surface area contributed by atoms with E-state index in [-0.39, 0.29) is 6.04 Å². The fraction of sp³-hybridized carbons (Fsp3) is 0.467. The van der Waals surface area contributed by atoms with Crippen LogP contribution in [0.5, 0.6) is 0 Å². The molecular formula is C15H21BrN2O. The SMILES string of the molecule is COCC1=CCN(c2ccc([C@@H](C)N)c(Br)c2)CC1. The van der Waals surface area contributed by atoms with Gasteiger partial charge in [-0.2, -0.15) is 0 Å². The van der Waals surface area contributed by atoms with Gasteiger partial charge >= 0.3 is 0 Å². The molecule has 0 amide bonds. The minimum absolute atomic E-state index is 0.0537. The minimum Gasteiger partial charge on any atom is -0.380 e. The summed E-state index contributed by atoms with van der Waals surface area (Å²) in [6.45, 7) is 4.74. The van der Waals surface area contributed by atoms with Crippen LogP contribution in [0.15, 0.2) is 34.3 Å². The van der Waals surface area contributed by atoms with E-state index in [1.807, 2.05) is 6.92 Å². The number of methoxy groups -OCH3 is 1. The fourth-order valence-corrected chi connectivity index (χ4v) is 3.07. The van der Waals surface area contributed by atoms with E-state index in [4.69, 9.17) is 10.5 Å². The Labute approximate surface area is 123 Å². The van der Waals surface area contributed by atoms with Crippen molar-refractivity contribution in [3.05, 3.63) is 39.9 Å². The topological polar surface area (TPSA) is 38.5 Å². The van der Waals surface area contributed by atoms with Gasteiger partial charge in [-0.1, -0.05) is 28.1 Å². The number of nitrogens with two attached hydrogens (primary N) is 1. The number of nitrogens with zero attached hydrogens (tertiary/aromatic N) is 1. The standard InChI is InChI=1S/C15H21BrN2O/c1-11(17)14-4-3-13(9-15(14)16)18-7-5-12(6-8-18)10-19-2/h3-5,9,11H,6-8,10,17H2,1-2H3/t11-/m1/s1. The van der Waals surface area contributed by atoms with Crippen LogP contribution in [0.25, 0.3) is 0 Å². The molecule has 0 radical (unpaired) electrons. The van der Waals surface area contributed by atoms with Crippen molar-refractivity contribution in [3.8, 4) is 0 Å². The molecule has 1 atom stereocenters. The number of rotatable bonds is 4. The molecule has 1 aliphatic rings. The third-order valence-corrected chi connectivity index (χ3v) is 4.16. The summed E-state index contributed by atoms with van der Waals surface area (Å²) in [6, 6.07) is 6.48. The van der Waals surface area contributed by atoms with Crippen LogP contribution in [-0.4, -0.2) is 26.8 Å². The van der Waals surface area contributed by atoms with Gasteiger partial charge in [0.2, 0.25) is 0 Å². The molecule has 1 heterocycles. The van der Waals surface area contributed by atoms with Crippen molar-refractivity contribution >= 4 is 21.6 Å². The summed E-state index contributed by atoms with van der Waals surface area (Å²) in [6.07, 6.45) is 3.33. The first kappa shape index (κ1) is 14.6. The number of anilines is 1. The van der Waals surface area contributed by atoms with Crippen LogP contribution in [0.1, 0.15) is 24.9 Å². The predicted molar refractivity (Wildman–Crippen MR) is 83.5 cm³/mol. The Morgan fingerprint density at radius 3 is 2.79 bits per heavy atom. The van der Waals surface area contributed by atoms with Crippen molar-refractivity contribution in [3.63, 3.8) is 0 Å². The van der Waals surface area contributed by atoms with E-state index >= 15 is 0 Å². The Morgan fingerprint density at radius 2 is 2.26 bits per heavy atom. The molecule has 1 aromatic rings. The maximum atomic E-state index is 5.93. The van der Waals surface area contributed by atoms with Gasteiger partial charge in [-0.25, -0.2) is 0 Å². The van der Waals surface area contributed by atoms with E-state index in [9.17, 15) is 0 Å². The maximum Gasteiger partial charge on any atom is 0.0674 e. The number of benzene rings is 1. The molecule has 2 N–H and O–H groups in total. The van der Waals surface area contributed by atoms with Gasteiger partial charge in [0.1, 0.15) is 0 Å². The van der Waals surface area contributed by atoms with Gasteiger partial charge in [0.05, 0.1) is 6.61 Å². The molecule has 4 heteroatoms. The van der Waals surface area contributed by atoms with Gasteiger partial charge in [-0.15, -0.1) is 0 Å². The third-order valence-electron chi connectivity index (χ3n) is 3.47. The lowest BCUT2D eigenvalue weighted by Gasteiger charge is -2.29. The Kier molecular flexibility index (Phi) is 5.02. The van der Waals surface area contributed by atoms with Gasteiger partial charge < -0.3 is 15.4 Å². The number of hydrogen-bond acceptors (Lipinski definition) is 3. The van der Waals surface area contributed by atoms with Crippen molar-refractivity contribution in [2.45, 2.75) is 19.4 Å². The molecule has 0 unspecified atom stereocenters. The van der Waals surface area contributed by atoms with Gasteiger partial charge in [0.15, 0.2) is 0 Å². The summed E-state index contributed by atoms with van der Waals surface area (Å²) in [5.41, 5.74) is 9.71. The summed E-state index contributed by atoms with van der Waals surface area (Å²) in [4.78, 5) is 2.37. The average molecular weight is 325 g/mol. The zero-order chi connectivity index (χ0) is 13.8. The molecule has 1 aromatic carbocycles. The van der Waals surface area contributed by atoms with Crippen molar-refractivity contribution in [2.24, 2.45) is 5.73 Å². The summed E-state index contributed by atoms with van der Waals surface area (Å²) in [7, 11) is 1.75. The molecule has 0 aliphatic carbocycles. The van der Waals surface area contributed by atoms with Crippen LogP contribution in [0, 0.1) is 0 Å². The van der Waals surface area contributed by atoms with Gasteiger partial charge in [-0.05, 0) is 36.6 Å². The first-order valence-corrected chi connectivity index (χ1v) is 7.38. The van der Waals surface area contributed by atoms with Crippen molar-refractivity contribution in [1.29, 1.82) is 0 Å².